The number of hydrogen-bond acceptors (Lipinski definition) is 4. The predicted molar refractivity (Wildman–Crippen MR) is 94.0 cm³/mol. The van der Waals surface area contributed by atoms with Gasteiger partial charge in [-0.05, 0) is 17.7 Å². The smallest absolute Gasteiger partial charge is 0.476 e. The zero-order chi connectivity index (χ0) is 20.5. The Balaban J connectivity index is 2.14. The Bertz CT molecular complexity index is 1110. The highest BCUT2D eigenvalue weighted by Gasteiger charge is 2.32. The molecule has 6 nitrogen and oxygen atoms in total. The van der Waals surface area contributed by atoms with Gasteiger partial charge in [0.2, 0.25) is 0 Å². The fourth-order valence-corrected chi connectivity index (χ4v) is 2.65. The van der Waals surface area contributed by atoms with Gasteiger partial charge in [-0.2, -0.15) is 0 Å². The molecule has 0 saturated heterocycles. The van der Waals surface area contributed by atoms with Crippen molar-refractivity contribution in [2.45, 2.75) is 6.36 Å². The number of ether oxygens (including phenoxy) is 1. The van der Waals surface area contributed by atoms with Crippen LogP contribution in [0.2, 0.25) is 0 Å². The molecule has 0 aliphatic heterocycles. The molecular weight excluding hydrogens is 377 g/mol. The fraction of sp³-hybridized carbons (Fsp3) is 0.105. The van der Waals surface area contributed by atoms with Gasteiger partial charge < -0.3 is 14.4 Å². The van der Waals surface area contributed by atoms with Crippen molar-refractivity contribution in [1.29, 1.82) is 0 Å². The fourth-order valence-electron chi connectivity index (χ4n) is 2.65. The molecule has 0 radical (unpaired) electrons. The third kappa shape index (κ3) is 4.03. The molecule has 0 aliphatic carbocycles. The third-order valence-electron chi connectivity index (χ3n) is 3.85. The van der Waals surface area contributed by atoms with E-state index < -0.39 is 23.6 Å². The normalized spacial score (nSPS) is 11.3. The van der Waals surface area contributed by atoms with E-state index in [1.165, 1.54) is 43.4 Å². The maximum atomic E-state index is 12.7. The minimum absolute atomic E-state index is 0.126. The van der Waals surface area contributed by atoms with E-state index in [4.69, 9.17) is 5.11 Å². The monoisotopic (exact) mass is 390 g/mol. The van der Waals surface area contributed by atoms with Gasteiger partial charge in [-0.1, -0.05) is 36.4 Å². The number of benzene rings is 2. The second-order valence-electron chi connectivity index (χ2n) is 5.82. The van der Waals surface area contributed by atoms with Gasteiger partial charge in [0.05, 0.1) is 0 Å². The summed E-state index contributed by atoms with van der Waals surface area (Å²) in [5.41, 5.74) is -0.221. The zero-order valence-corrected chi connectivity index (χ0v) is 14.4. The van der Waals surface area contributed by atoms with Gasteiger partial charge in [0.15, 0.2) is 5.69 Å². The van der Waals surface area contributed by atoms with Crippen LogP contribution in [0.5, 0.6) is 5.75 Å². The van der Waals surface area contributed by atoms with Crippen LogP contribution in [0.4, 0.5) is 13.2 Å². The summed E-state index contributed by atoms with van der Waals surface area (Å²) in [6.45, 7) is 0. The highest BCUT2D eigenvalue weighted by atomic mass is 19.4. The quantitative estimate of drug-likeness (QED) is 0.735. The van der Waals surface area contributed by atoms with E-state index in [-0.39, 0.29) is 22.5 Å². The number of hydrogen-bond donors (Lipinski definition) is 1. The summed E-state index contributed by atoms with van der Waals surface area (Å²) in [6.07, 6.45) is -3.77. The average Bonchev–Trinajstić information content (AvgIpc) is 2.63. The number of aromatic carboxylic acids is 1. The number of alkyl halides is 3. The first-order valence-corrected chi connectivity index (χ1v) is 7.92. The molecule has 3 rings (SSSR count). The Morgan fingerprint density at radius 2 is 1.79 bits per heavy atom. The largest absolute Gasteiger partial charge is 0.573 e. The molecule has 28 heavy (non-hydrogen) atoms. The number of aryl methyl sites for hydroxylation is 1. The van der Waals surface area contributed by atoms with Crippen LogP contribution in [0.25, 0.3) is 22.4 Å². The number of halogens is 3. The molecule has 0 spiro atoms. The Labute approximate surface area is 156 Å². The van der Waals surface area contributed by atoms with Gasteiger partial charge in [0.1, 0.15) is 11.4 Å². The topological polar surface area (TPSA) is 81.4 Å². The van der Waals surface area contributed by atoms with Crippen LogP contribution < -0.4 is 10.3 Å². The van der Waals surface area contributed by atoms with Crippen molar-refractivity contribution in [3.8, 4) is 28.1 Å². The molecule has 1 heterocycles. The number of carboxylic acid groups (broad SMARTS) is 1. The Morgan fingerprint density at radius 3 is 2.46 bits per heavy atom. The summed E-state index contributed by atoms with van der Waals surface area (Å²) in [4.78, 5) is 27.5. The Hall–Kier alpha value is -3.62. The van der Waals surface area contributed by atoms with Crippen LogP contribution in [0.15, 0.2) is 59.5 Å². The number of para-hydroxylation sites is 1. The molecule has 3 aromatic rings. The second kappa shape index (κ2) is 7.18. The van der Waals surface area contributed by atoms with E-state index in [9.17, 15) is 22.8 Å². The van der Waals surface area contributed by atoms with Crippen LogP contribution in [0.3, 0.4) is 0 Å². The number of aromatic nitrogens is 2. The molecule has 0 amide bonds. The molecule has 0 saturated carbocycles. The summed E-state index contributed by atoms with van der Waals surface area (Å²) < 4.78 is 43.2. The lowest BCUT2D eigenvalue weighted by Gasteiger charge is -2.14. The number of nitrogens with zero attached hydrogens (tertiary/aromatic N) is 2. The van der Waals surface area contributed by atoms with E-state index >= 15 is 0 Å². The maximum Gasteiger partial charge on any atom is 0.573 e. The molecule has 0 fully saturated rings. The first-order chi connectivity index (χ1) is 13.2. The van der Waals surface area contributed by atoms with Crippen molar-refractivity contribution < 1.29 is 27.8 Å². The minimum Gasteiger partial charge on any atom is -0.476 e. The first-order valence-electron chi connectivity index (χ1n) is 7.92. The molecule has 1 N–H and O–H groups in total. The van der Waals surface area contributed by atoms with Crippen molar-refractivity contribution in [2.75, 3.05) is 0 Å². The van der Waals surface area contributed by atoms with Crippen molar-refractivity contribution in [3.05, 3.63) is 70.8 Å². The second-order valence-corrected chi connectivity index (χ2v) is 5.82. The lowest BCUT2D eigenvalue weighted by atomic mass is 10.0. The molecule has 144 valence electrons. The van der Waals surface area contributed by atoms with E-state index in [0.29, 0.717) is 5.56 Å². The van der Waals surface area contributed by atoms with Crippen LogP contribution in [0.1, 0.15) is 10.5 Å². The highest BCUT2D eigenvalue weighted by molar-refractivity contribution is 5.86. The Morgan fingerprint density at radius 1 is 1.11 bits per heavy atom. The first kappa shape index (κ1) is 19.2. The molecular formula is C19H13F3N2O4. The standard InChI is InChI=1S/C19H13F3N2O4/c1-24-10-14(18(26)27)23-16(17(24)25)12-6-4-5-11(9-12)13-7-2-3-8-15(13)28-19(20,21)22/h2-10H,1H3,(H,26,27). The maximum absolute atomic E-state index is 12.7. The average molecular weight is 390 g/mol. The van der Waals surface area contributed by atoms with Gasteiger partial charge >= 0.3 is 12.3 Å². The van der Waals surface area contributed by atoms with Crippen LogP contribution in [-0.4, -0.2) is 27.0 Å². The minimum atomic E-state index is -4.86. The van der Waals surface area contributed by atoms with E-state index in [1.807, 2.05) is 0 Å². The van der Waals surface area contributed by atoms with E-state index in [2.05, 4.69) is 9.72 Å². The molecule has 0 atom stereocenters. The molecule has 0 unspecified atom stereocenters. The predicted octanol–water partition coefficient (Wildman–Crippen LogP) is 3.71. The van der Waals surface area contributed by atoms with Gasteiger partial charge in [0, 0.05) is 24.4 Å². The number of rotatable bonds is 4. The van der Waals surface area contributed by atoms with Crippen LogP contribution >= 0.6 is 0 Å². The van der Waals surface area contributed by atoms with Gasteiger partial charge in [-0.3, -0.25) is 4.79 Å². The van der Waals surface area contributed by atoms with Gasteiger partial charge in [0.25, 0.3) is 5.56 Å². The molecule has 9 heteroatoms. The van der Waals surface area contributed by atoms with E-state index in [1.54, 1.807) is 12.1 Å². The molecule has 2 aromatic carbocycles. The molecule has 0 bridgehead atoms. The van der Waals surface area contributed by atoms with Gasteiger partial charge in [-0.15, -0.1) is 13.2 Å². The summed E-state index contributed by atoms with van der Waals surface area (Å²) in [6, 6.07) is 11.6. The zero-order valence-electron chi connectivity index (χ0n) is 14.4. The van der Waals surface area contributed by atoms with Crippen molar-refractivity contribution >= 4 is 5.97 Å². The lowest BCUT2D eigenvalue weighted by Crippen LogP contribution is -2.22. The van der Waals surface area contributed by atoms with Crippen molar-refractivity contribution in [3.63, 3.8) is 0 Å². The summed E-state index contributed by atoms with van der Waals surface area (Å²) >= 11 is 0. The number of carboxylic acids is 1. The summed E-state index contributed by atoms with van der Waals surface area (Å²) in [7, 11) is 1.39. The Kier molecular flexibility index (Phi) is 4.91. The summed E-state index contributed by atoms with van der Waals surface area (Å²) in [5.74, 6) is -1.70. The van der Waals surface area contributed by atoms with Crippen molar-refractivity contribution in [2.24, 2.45) is 7.05 Å². The van der Waals surface area contributed by atoms with Crippen LogP contribution in [0, 0.1) is 0 Å². The van der Waals surface area contributed by atoms with Crippen molar-refractivity contribution in [1.82, 2.24) is 9.55 Å². The molecule has 1 aromatic heterocycles. The van der Waals surface area contributed by atoms with Gasteiger partial charge in [-0.25, -0.2) is 9.78 Å². The number of carbonyl (C=O) groups is 1. The van der Waals surface area contributed by atoms with E-state index in [0.717, 1.165) is 10.8 Å². The summed E-state index contributed by atoms with van der Waals surface area (Å²) in [5, 5.41) is 9.15. The third-order valence-corrected chi connectivity index (χ3v) is 3.85. The SMILES string of the molecule is Cn1cc(C(=O)O)nc(-c2cccc(-c3ccccc3OC(F)(F)F)c2)c1=O. The van der Waals surface area contributed by atoms with Crippen LogP contribution in [-0.2, 0) is 7.05 Å². The lowest BCUT2D eigenvalue weighted by molar-refractivity contribution is -0.274. The highest BCUT2D eigenvalue weighted by Crippen LogP contribution is 2.34. The molecule has 0 aliphatic rings.